The number of anilines is 1. The molecular formula is C13H20N4O2S. The Bertz CT molecular complexity index is 728. The summed E-state index contributed by atoms with van der Waals surface area (Å²) in [5.74, 6) is 0.00445. The number of nitrogens with two attached hydrogens (primary N) is 1. The standard InChI is InChI=1S/C13H20N4O2S/c1-9(13(2,3)4)16-20(18,19)12-11(14)15-10-7-5-6-8-17(10)12/h5-9,16H,14H2,1-4H3. The quantitative estimate of drug-likeness (QED) is 0.901. The molecule has 0 saturated heterocycles. The zero-order chi connectivity index (χ0) is 15.1. The van der Waals surface area contributed by atoms with Crippen LogP contribution in [0, 0.1) is 5.41 Å². The van der Waals surface area contributed by atoms with Gasteiger partial charge in [0, 0.05) is 12.2 Å². The van der Waals surface area contributed by atoms with E-state index in [0.717, 1.165) is 0 Å². The van der Waals surface area contributed by atoms with E-state index in [4.69, 9.17) is 5.73 Å². The van der Waals surface area contributed by atoms with Crippen LogP contribution in [0.4, 0.5) is 5.82 Å². The number of imidazole rings is 1. The maximum absolute atomic E-state index is 12.5. The van der Waals surface area contributed by atoms with Crippen molar-refractivity contribution in [3.63, 3.8) is 0 Å². The van der Waals surface area contributed by atoms with Gasteiger partial charge in [0.2, 0.25) is 0 Å². The van der Waals surface area contributed by atoms with Crippen LogP contribution in [0.25, 0.3) is 5.65 Å². The second-order valence-electron chi connectivity index (χ2n) is 5.94. The van der Waals surface area contributed by atoms with Gasteiger partial charge in [-0.1, -0.05) is 26.8 Å². The Morgan fingerprint density at radius 1 is 1.35 bits per heavy atom. The molecule has 0 radical (unpaired) electrons. The monoisotopic (exact) mass is 296 g/mol. The zero-order valence-corrected chi connectivity index (χ0v) is 12.9. The summed E-state index contributed by atoms with van der Waals surface area (Å²) in [6.45, 7) is 7.74. The molecule has 0 bridgehead atoms. The lowest BCUT2D eigenvalue weighted by atomic mass is 9.89. The van der Waals surface area contributed by atoms with Crippen LogP contribution in [-0.2, 0) is 10.0 Å². The Morgan fingerprint density at radius 2 is 2.00 bits per heavy atom. The number of nitrogen functional groups attached to an aromatic ring is 1. The minimum absolute atomic E-state index is 0.00445. The number of hydrogen-bond acceptors (Lipinski definition) is 4. The van der Waals surface area contributed by atoms with E-state index in [-0.39, 0.29) is 22.3 Å². The first-order valence-corrected chi connectivity index (χ1v) is 7.86. The molecule has 7 heteroatoms. The van der Waals surface area contributed by atoms with E-state index in [1.54, 1.807) is 24.4 Å². The van der Waals surface area contributed by atoms with Gasteiger partial charge in [-0.3, -0.25) is 4.40 Å². The van der Waals surface area contributed by atoms with Gasteiger partial charge in [0.15, 0.2) is 10.8 Å². The Hall–Kier alpha value is -1.60. The molecule has 2 rings (SSSR count). The van der Waals surface area contributed by atoms with Crippen LogP contribution >= 0.6 is 0 Å². The Labute approximate surface area is 119 Å². The normalized spacial score (nSPS) is 14.6. The third-order valence-electron chi connectivity index (χ3n) is 3.40. The SMILES string of the molecule is CC(NS(=O)(=O)c1c(N)nc2ccccn12)C(C)(C)C. The van der Waals surface area contributed by atoms with Crippen LogP contribution < -0.4 is 10.5 Å². The third-order valence-corrected chi connectivity index (χ3v) is 4.98. The van der Waals surface area contributed by atoms with Gasteiger partial charge in [-0.05, 0) is 24.5 Å². The minimum Gasteiger partial charge on any atom is -0.381 e. The molecule has 0 aliphatic heterocycles. The number of fused-ring (bicyclic) bond motifs is 1. The van der Waals surface area contributed by atoms with Gasteiger partial charge in [0.05, 0.1) is 0 Å². The fourth-order valence-electron chi connectivity index (χ4n) is 1.72. The number of hydrogen-bond donors (Lipinski definition) is 2. The highest BCUT2D eigenvalue weighted by Crippen LogP contribution is 2.24. The third kappa shape index (κ3) is 2.64. The number of nitrogens with zero attached hydrogens (tertiary/aromatic N) is 2. The fourth-order valence-corrected chi connectivity index (χ4v) is 3.39. The van der Waals surface area contributed by atoms with Crippen molar-refractivity contribution in [2.24, 2.45) is 5.41 Å². The first-order chi connectivity index (χ1) is 9.13. The summed E-state index contributed by atoms with van der Waals surface area (Å²) in [7, 11) is -3.73. The highest BCUT2D eigenvalue weighted by atomic mass is 32.2. The summed E-state index contributed by atoms with van der Waals surface area (Å²) >= 11 is 0. The zero-order valence-electron chi connectivity index (χ0n) is 12.1. The molecule has 0 fully saturated rings. The Balaban J connectivity index is 2.50. The number of rotatable bonds is 3. The molecule has 0 aromatic carbocycles. The smallest absolute Gasteiger partial charge is 0.260 e. The van der Waals surface area contributed by atoms with Crippen LogP contribution in [-0.4, -0.2) is 23.8 Å². The van der Waals surface area contributed by atoms with Gasteiger partial charge < -0.3 is 5.73 Å². The minimum atomic E-state index is -3.73. The highest BCUT2D eigenvalue weighted by Gasteiger charge is 2.29. The molecule has 0 saturated carbocycles. The lowest BCUT2D eigenvalue weighted by Crippen LogP contribution is -2.41. The van der Waals surface area contributed by atoms with E-state index >= 15 is 0 Å². The molecule has 1 atom stereocenters. The van der Waals surface area contributed by atoms with Crippen molar-refractivity contribution in [2.45, 2.75) is 38.8 Å². The summed E-state index contributed by atoms with van der Waals surface area (Å²) in [4.78, 5) is 4.07. The number of nitrogens with one attached hydrogen (secondary N) is 1. The second kappa shape index (κ2) is 4.75. The topological polar surface area (TPSA) is 89.5 Å². The molecule has 0 spiro atoms. The first-order valence-electron chi connectivity index (χ1n) is 6.38. The number of sulfonamides is 1. The lowest BCUT2D eigenvalue weighted by molar-refractivity contribution is 0.317. The summed E-state index contributed by atoms with van der Waals surface area (Å²) in [5, 5.41) is -0.01000. The molecule has 20 heavy (non-hydrogen) atoms. The van der Waals surface area contributed by atoms with E-state index < -0.39 is 10.0 Å². The van der Waals surface area contributed by atoms with Gasteiger partial charge in [0.1, 0.15) is 5.65 Å². The van der Waals surface area contributed by atoms with Gasteiger partial charge in [-0.15, -0.1) is 0 Å². The van der Waals surface area contributed by atoms with Crippen molar-refractivity contribution in [1.29, 1.82) is 0 Å². The summed E-state index contributed by atoms with van der Waals surface area (Å²) < 4.78 is 29.2. The van der Waals surface area contributed by atoms with Gasteiger partial charge in [0.25, 0.3) is 10.0 Å². The van der Waals surface area contributed by atoms with Crippen molar-refractivity contribution in [2.75, 3.05) is 5.73 Å². The largest absolute Gasteiger partial charge is 0.381 e. The molecule has 110 valence electrons. The predicted molar refractivity (Wildman–Crippen MR) is 78.8 cm³/mol. The van der Waals surface area contributed by atoms with Crippen molar-refractivity contribution in [1.82, 2.24) is 14.1 Å². The van der Waals surface area contributed by atoms with Gasteiger partial charge in [-0.25, -0.2) is 18.1 Å². The fraction of sp³-hybridized carbons (Fsp3) is 0.462. The summed E-state index contributed by atoms with van der Waals surface area (Å²) in [6, 6.07) is 4.99. The van der Waals surface area contributed by atoms with E-state index in [1.807, 2.05) is 27.7 Å². The van der Waals surface area contributed by atoms with Gasteiger partial charge >= 0.3 is 0 Å². The second-order valence-corrected chi connectivity index (χ2v) is 7.57. The molecule has 2 aromatic rings. The lowest BCUT2D eigenvalue weighted by Gasteiger charge is -2.27. The predicted octanol–water partition coefficient (Wildman–Crippen LogP) is 1.63. The summed E-state index contributed by atoms with van der Waals surface area (Å²) in [5.41, 5.74) is 6.09. The highest BCUT2D eigenvalue weighted by molar-refractivity contribution is 7.89. The maximum Gasteiger partial charge on any atom is 0.260 e. The van der Waals surface area contributed by atoms with Crippen LogP contribution in [0.1, 0.15) is 27.7 Å². The molecule has 1 unspecified atom stereocenters. The molecule has 0 aliphatic rings. The molecule has 6 nitrogen and oxygen atoms in total. The molecule has 0 amide bonds. The maximum atomic E-state index is 12.5. The van der Waals surface area contributed by atoms with Crippen LogP contribution in [0.3, 0.4) is 0 Å². The molecular weight excluding hydrogens is 276 g/mol. The van der Waals surface area contributed by atoms with E-state index in [2.05, 4.69) is 9.71 Å². The Kier molecular flexibility index (Phi) is 3.51. The van der Waals surface area contributed by atoms with E-state index in [0.29, 0.717) is 5.65 Å². The van der Waals surface area contributed by atoms with Crippen LogP contribution in [0.5, 0.6) is 0 Å². The average Bonchev–Trinajstić information content (AvgIpc) is 2.63. The Morgan fingerprint density at radius 3 is 2.60 bits per heavy atom. The first kappa shape index (κ1) is 14.8. The van der Waals surface area contributed by atoms with Gasteiger partial charge in [-0.2, -0.15) is 0 Å². The molecule has 0 aliphatic carbocycles. The van der Waals surface area contributed by atoms with Crippen molar-refractivity contribution in [3.8, 4) is 0 Å². The van der Waals surface area contributed by atoms with E-state index in [1.165, 1.54) is 4.40 Å². The number of pyridine rings is 1. The van der Waals surface area contributed by atoms with Crippen molar-refractivity contribution >= 4 is 21.5 Å². The molecule has 2 heterocycles. The van der Waals surface area contributed by atoms with Crippen molar-refractivity contribution in [3.05, 3.63) is 24.4 Å². The number of aromatic nitrogens is 2. The molecule has 3 N–H and O–H groups in total. The van der Waals surface area contributed by atoms with Crippen LogP contribution in [0.2, 0.25) is 0 Å². The summed E-state index contributed by atoms with van der Waals surface area (Å²) in [6.07, 6.45) is 1.63. The van der Waals surface area contributed by atoms with Crippen molar-refractivity contribution < 1.29 is 8.42 Å². The average molecular weight is 296 g/mol. The van der Waals surface area contributed by atoms with E-state index in [9.17, 15) is 8.42 Å². The molecule has 2 aromatic heterocycles. The van der Waals surface area contributed by atoms with Crippen LogP contribution in [0.15, 0.2) is 29.4 Å².